The number of allylic oxidation sites excluding steroid dienone is 1. The molecule has 3 atom stereocenters. The lowest BCUT2D eigenvalue weighted by molar-refractivity contribution is -0.122. The first-order valence-corrected chi connectivity index (χ1v) is 13.6. The van der Waals surface area contributed by atoms with Crippen LogP contribution in [0.5, 0.6) is 0 Å². The molecule has 1 saturated heterocycles. The van der Waals surface area contributed by atoms with Gasteiger partial charge in [0, 0.05) is 48.1 Å². The van der Waals surface area contributed by atoms with Gasteiger partial charge < -0.3 is 15.4 Å². The van der Waals surface area contributed by atoms with Crippen molar-refractivity contribution in [3.05, 3.63) is 48.3 Å². The normalized spacial score (nSPS) is 24.7. The highest BCUT2D eigenvalue weighted by atomic mass is 19.4. The molecule has 1 aliphatic heterocycles. The largest absolute Gasteiger partial charge is 0.417 e. The fraction of sp³-hybridized carbons (Fsp3) is 0.517. The average Bonchev–Trinajstić information content (AvgIpc) is 3.77. The van der Waals surface area contributed by atoms with Crippen LogP contribution in [0.25, 0.3) is 22.4 Å². The molecule has 2 aromatic rings. The standard InChI is InChI=1S/C29H34F4N4O2/c1-18(29(31,32)33)27-22-5-2-6-25(23(22)16-20(35-27)4-3-11-34-28(38)19-7-8-19)36-26-10-9-21(17-24(26)30)37-12-14-39-15-13-37/h2-6,16,19,21,24,26,36H,1,7-15,17H2,(H,34,38)/b4-3+/t21-,24+,26-/m1/s1. The van der Waals surface area contributed by atoms with Gasteiger partial charge in [-0.3, -0.25) is 9.69 Å². The summed E-state index contributed by atoms with van der Waals surface area (Å²) in [6.07, 6.45) is 1.11. The van der Waals surface area contributed by atoms with Crippen LogP contribution in [0.2, 0.25) is 0 Å². The number of benzene rings is 1. The van der Waals surface area contributed by atoms with E-state index in [2.05, 4.69) is 27.1 Å². The Balaban J connectivity index is 1.38. The number of hydrogen-bond donors (Lipinski definition) is 2. The van der Waals surface area contributed by atoms with E-state index in [1.807, 2.05) is 0 Å². The molecule has 3 aliphatic rings. The Morgan fingerprint density at radius 2 is 1.92 bits per heavy atom. The van der Waals surface area contributed by atoms with Crippen LogP contribution in [-0.4, -0.2) is 73.1 Å². The van der Waals surface area contributed by atoms with Crippen molar-refractivity contribution in [2.45, 2.75) is 56.5 Å². The molecule has 2 N–H and O–H groups in total. The maximum atomic E-state index is 15.4. The van der Waals surface area contributed by atoms with Gasteiger partial charge in [0.1, 0.15) is 6.17 Å². The van der Waals surface area contributed by atoms with Gasteiger partial charge >= 0.3 is 6.18 Å². The summed E-state index contributed by atoms with van der Waals surface area (Å²) in [6.45, 7) is 6.46. The van der Waals surface area contributed by atoms with Crippen LogP contribution in [0.1, 0.15) is 43.5 Å². The number of pyridine rings is 1. The molecule has 0 unspecified atom stereocenters. The van der Waals surface area contributed by atoms with Gasteiger partial charge in [-0.1, -0.05) is 24.8 Å². The molecule has 3 fully saturated rings. The second kappa shape index (κ2) is 11.6. The van der Waals surface area contributed by atoms with Gasteiger partial charge in [0.15, 0.2) is 0 Å². The highest BCUT2D eigenvalue weighted by molar-refractivity contribution is 6.00. The number of carbonyl (C=O) groups excluding carboxylic acids is 1. The predicted octanol–water partition coefficient (Wildman–Crippen LogP) is 5.35. The second-order valence-corrected chi connectivity index (χ2v) is 10.6. The van der Waals surface area contributed by atoms with E-state index in [9.17, 15) is 18.0 Å². The highest BCUT2D eigenvalue weighted by Gasteiger charge is 2.36. The number of ether oxygens (including phenoxy) is 1. The predicted molar refractivity (Wildman–Crippen MR) is 144 cm³/mol. The Labute approximate surface area is 225 Å². The van der Waals surface area contributed by atoms with Crippen molar-refractivity contribution >= 4 is 34.0 Å². The van der Waals surface area contributed by atoms with E-state index in [1.54, 1.807) is 36.4 Å². The zero-order valence-corrected chi connectivity index (χ0v) is 21.8. The fourth-order valence-electron chi connectivity index (χ4n) is 5.43. The van der Waals surface area contributed by atoms with E-state index >= 15 is 4.39 Å². The van der Waals surface area contributed by atoms with Crippen LogP contribution in [0.3, 0.4) is 0 Å². The van der Waals surface area contributed by atoms with Crippen molar-refractivity contribution in [1.82, 2.24) is 15.2 Å². The van der Waals surface area contributed by atoms with Crippen molar-refractivity contribution < 1.29 is 27.1 Å². The van der Waals surface area contributed by atoms with Crippen LogP contribution in [0, 0.1) is 5.92 Å². The number of amides is 1. The summed E-state index contributed by atoms with van der Waals surface area (Å²) in [5, 5.41) is 6.89. The number of nitrogens with one attached hydrogen (secondary N) is 2. The lowest BCUT2D eigenvalue weighted by Gasteiger charge is -2.40. The monoisotopic (exact) mass is 546 g/mol. The summed E-state index contributed by atoms with van der Waals surface area (Å²) in [5.41, 5.74) is -0.458. The zero-order chi connectivity index (χ0) is 27.6. The topological polar surface area (TPSA) is 66.5 Å². The third-order valence-electron chi connectivity index (χ3n) is 7.80. The number of halogens is 4. The molecule has 5 rings (SSSR count). The molecule has 0 bridgehead atoms. The Kier molecular flexibility index (Phi) is 8.23. The van der Waals surface area contributed by atoms with E-state index in [-0.39, 0.29) is 30.1 Å². The number of aromatic nitrogens is 1. The van der Waals surface area contributed by atoms with Crippen molar-refractivity contribution in [3.8, 4) is 0 Å². The van der Waals surface area contributed by atoms with Crippen molar-refractivity contribution in [3.63, 3.8) is 0 Å². The molecular formula is C29H34F4N4O2. The second-order valence-electron chi connectivity index (χ2n) is 10.6. The molecular weight excluding hydrogens is 512 g/mol. The summed E-state index contributed by atoms with van der Waals surface area (Å²) >= 11 is 0. The van der Waals surface area contributed by atoms with Gasteiger partial charge in [0.2, 0.25) is 5.91 Å². The molecule has 1 amide bonds. The Bertz CT molecular complexity index is 1240. The number of hydrogen-bond acceptors (Lipinski definition) is 5. The number of fused-ring (bicyclic) bond motifs is 1. The number of alkyl halides is 4. The maximum Gasteiger partial charge on any atom is 0.417 e. The zero-order valence-electron chi connectivity index (χ0n) is 21.8. The highest BCUT2D eigenvalue weighted by Crippen LogP contribution is 2.38. The molecule has 39 heavy (non-hydrogen) atoms. The van der Waals surface area contributed by atoms with Gasteiger partial charge in [-0.2, -0.15) is 13.2 Å². The number of nitrogens with zero attached hydrogens (tertiary/aromatic N) is 2. The van der Waals surface area contributed by atoms with E-state index in [1.165, 1.54) is 0 Å². The summed E-state index contributed by atoms with van der Waals surface area (Å²) in [7, 11) is 0. The van der Waals surface area contributed by atoms with Crippen molar-refractivity contribution in [2.75, 3.05) is 38.2 Å². The first-order chi connectivity index (χ1) is 18.7. The van der Waals surface area contributed by atoms with E-state index in [4.69, 9.17) is 4.74 Å². The van der Waals surface area contributed by atoms with Gasteiger partial charge in [0.25, 0.3) is 0 Å². The SMILES string of the molecule is C=C(c1nc(/C=C/CNC(=O)C2CC2)cc2c(N[C@@H]3CC[C@@H](N4CCOCC4)C[C@@H]3F)cccc12)C(F)(F)F. The maximum absolute atomic E-state index is 15.4. The first-order valence-electron chi connectivity index (χ1n) is 13.6. The van der Waals surface area contributed by atoms with Crippen LogP contribution >= 0.6 is 0 Å². The van der Waals surface area contributed by atoms with E-state index < -0.39 is 24.0 Å². The molecule has 2 aliphatic carbocycles. The summed E-state index contributed by atoms with van der Waals surface area (Å²) in [6, 6.07) is 6.38. The number of morpholine rings is 1. The van der Waals surface area contributed by atoms with Crippen molar-refractivity contribution in [2.24, 2.45) is 5.92 Å². The van der Waals surface area contributed by atoms with Crippen LogP contribution in [0.4, 0.5) is 23.2 Å². The molecule has 1 aromatic carbocycles. The lowest BCUT2D eigenvalue weighted by atomic mass is 9.88. The minimum atomic E-state index is -4.66. The molecule has 2 heterocycles. The number of rotatable bonds is 8. The summed E-state index contributed by atoms with van der Waals surface area (Å²) in [5.74, 6) is 0.0451. The molecule has 0 spiro atoms. The van der Waals surface area contributed by atoms with Gasteiger partial charge in [-0.15, -0.1) is 0 Å². The summed E-state index contributed by atoms with van der Waals surface area (Å²) in [4.78, 5) is 18.4. The smallest absolute Gasteiger partial charge is 0.379 e. The Hall–Kier alpha value is -2.98. The van der Waals surface area contributed by atoms with Gasteiger partial charge in [0.05, 0.1) is 36.2 Å². The molecule has 10 heteroatoms. The minimum Gasteiger partial charge on any atom is -0.379 e. The third-order valence-corrected chi connectivity index (χ3v) is 7.80. The van der Waals surface area contributed by atoms with E-state index in [0.29, 0.717) is 48.2 Å². The minimum absolute atomic E-state index is 0.0205. The van der Waals surface area contributed by atoms with Gasteiger partial charge in [-0.25, -0.2) is 9.37 Å². The van der Waals surface area contributed by atoms with Gasteiger partial charge in [-0.05, 0) is 50.3 Å². The molecule has 2 saturated carbocycles. The van der Waals surface area contributed by atoms with E-state index in [0.717, 1.165) is 32.4 Å². The van der Waals surface area contributed by atoms with Crippen molar-refractivity contribution in [1.29, 1.82) is 0 Å². The Morgan fingerprint density at radius 1 is 1.15 bits per heavy atom. The molecule has 210 valence electrons. The molecule has 6 nitrogen and oxygen atoms in total. The fourth-order valence-corrected chi connectivity index (χ4v) is 5.43. The first kappa shape index (κ1) is 27.6. The number of carbonyl (C=O) groups is 1. The average molecular weight is 547 g/mol. The quantitative estimate of drug-likeness (QED) is 0.437. The summed E-state index contributed by atoms with van der Waals surface area (Å²) < 4.78 is 61.9. The Morgan fingerprint density at radius 3 is 2.62 bits per heavy atom. The van der Waals surface area contributed by atoms with Crippen LogP contribution in [-0.2, 0) is 9.53 Å². The molecule has 1 aromatic heterocycles. The van der Waals surface area contributed by atoms with Crippen LogP contribution < -0.4 is 10.6 Å². The molecule has 0 radical (unpaired) electrons. The number of anilines is 1. The lowest BCUT2D eigenvalue weighted by Crippen LogP contribution is -2.49. The third kappa shape index (κ3) is 6.61. The van der Waals surface area contributed by atoms with Crippen LogP contribution in [0.15, 0.2) is 36.9 Å².